The lowest BCUT2D eigenvalue weighted by Crippen LogP contribution is -2.13. The maximum Gasteiger partial charge on any atom is 0.186 e. The van der Waals surface area contributed by atoms with Crippen LogP contribution in [0.15, 0.2) is 36.5 Å². The summed E-state index contributed by atoms with van der Waals surface area (Å²) in [6, 6.07) is 9.90. The van der Waals surface area contributed by atoms with Gasteiger partial charge in [0.15, 0.2) is 11.6 Å². The van der Waals surface area contributed by atoms with E-state index in [-0.39, 0.29) is 0 Å². The summed E-state index contributed by atoms with van der Waals surface area (Å²) in [6.45, 7) is 1.87. The Morgan fingerprint density at radius 1 is 1.00 bits per heavy atom. The summed E-state index contributed by atoms with van der Waals surface area (Å²) in [4.78, 5) is 15.4. The molecule has 3 aromatic rings. The first-order chi connectivity index (χ1) is 10.1. The van der Waals surface area contributed by atoms with Crippen molar-refractivity contribution in [2.24, 2.45) is 0 Å². The molecule has 6 nitrogen and oxygen atoms in total. The van der Waals surface area contributed by atoms with Crippen LogP contribution < -0.4 is 4.90 Å². The molecule has 6 heteroatoms. The molecule has 0 atom stereocenters. The van der Waals surface area contributed by atoms with Crippen LogP contribution in [-0.4, -0.2) is 39.2 Å². The Morgan fingerprint density at radius 3 is 2.38 bits per heavy atom. The highest BCUT2D eigenvalue weighted by atomic mass is 15.2. The van der Waals surface area contributed by atoms with Crippen LogP contribution in [0, 0.1) is 6.92 Å². The summed E-state index contributed by atoms with van der Waals surface area (Å²) in [5.41, 5.74) is 1.79. The Bertz CT molecular complexity index is 748. The molecule has 0 aliphatic rings. The van der Waals surface area contributed by atoms with Gasteiger partial charge in [-0.15, -0.1) is 0 Å². The van der Waals surface area contributed by atoms with Crippen LogP contribution in [0.2, 0.25) is 0 Å². The molecule has 0 radical (unpaired) electrons. The predicted molar refractivity (Wildman–Crippen MR) is 81.9 cm³/mol. The summed E-state index contributed by atoms with van der Waals surface area (Å²) in [5, 5.41) is 7.03. The smallest absolute Gasteiger partial charge is 0.186 e. The second kappa shape index (κ2) is 5.32. The van der Waals surface area contributed by atoms with Crippen molar-refractivity contribution >= 4 is 5.82 Å². The molecule has 0 unspecified atom stereocenters. The van der Waals surface area contributed by atoms with E-state index in [9.17, 15) is 0 Å². The molecule has 1 aromatic carbocycles. The zero-order valence-corrected chi connectivity index (χ0v) is 12.2. The fraction of sp³-hybridized carbons (Fsp3) is 0.200. The van der Waals surface area contributed by atoms with E-state index in [2.05, 4.69) is 25.1 Å². The third-order valence-corrected chi connectivity index (χ3v) is 3.06. The third kappa shape index (κ3) is 2.60. The molecule has 3 rings (SSSR count). The van der Waals surface area contributed by atoms with Crippen molar-refractivity contribution in [3.05, 3.63) is 42.4 Å². The molecule has 0 fully saturated rings. The Kier molecular flexibility index (Phi) is 3.35. The number of nitrogens with zero attached hydrogens (tertiary/aromatic N) is 5. The zero-order valence-electron chi connectivity index (χ0n) is 12.2. The van der Waals surface area contributed by atoms with Crippen molar-refractivity contribution in [3.63, 3.8) is 0 Å². The minimum atomic E-state index is 0.607. The maximum absolute atomic E-state index is 4.65. The summed E-state index contributed by atoms with van der Waals surface area (Å²) in [7, 11) is 3.89. The molecule has 2 aromatic heterocycles. The van der Waals surface area contributed by atoms with Crippen LogP contribution in [0.4, 0.5) is 5.82 Å². The predicted octanol–water partition coefficient (Wildman–Crippen LogP) is 2.30. The normalized spacial score (nSPS) is 10.6. The minimum absolute atomic E-state index is 0.607. The van der Waals surface area contributed by atoms with Crippen LogP contribution in [0.1, 0.15) is 5.82 Å². The Balaban J connectivity index is 2.11. The number of aromatic amines is 1. The SMILES string of the molecule is Cc1nc(-c2cnc(-c3ccccc3)nc2N(C)C)n[nH]1. The molecule has 21 heavy (non-hydrogen) atoms. The lowest BCUT2D eigenvalue weighted by Gasteiger charge is -2.15. The van der Waals surface area contributed by atoms with Gasteiger partial charge in [0, 0.05) is 25.9 Å². The third-order valence-electron chi connectivity index (χ3n) is 3.06. The Morgan fingerprint density at radius 2 is 1.76 bits per heavy atom. The van der Waals surface area contributed by atoms with E-state index in [1.807, 2.05) is 56.3 Å². The van der Waals surface area contributed by atoms with E-state index in [4.69, 9.17) is 0 Å². The van der Waals surface area contributed by atoms with E-state index in [1.54, 1.807) is 6.20 Å². The highest BCUT2D eigenvalue weighted by Crippen LogP contribution is 2.27. The lowest BCUT2D eigenvalue weighted by atomic mass is 10.2. The first-order valence-electron chi connectivity index (χ1n) is 6.64. The van der Waals surface area contributed by atoms with E-state index in [0.717, 1.165) is 22.8 Å². The molecule has 0 spiro atoms. The summed E-state index contributed by atoms with van der Waals surface area (Å²) in [6.07, 6.45) is 1.77. The first-order valence-corrected chi connectivity index (χ1v) is 6.64. The average molecular weight is 280 g/mol. The van der Waals surface area contributed by atoms with Gasteiger partial charge in [0.2, 0.25) is 0 Å². The molecule has 106 valence electrons. The van der Waals surface area contributed by atoms with Crippen molar-refractivity contribution in [2.45, 2.75) is 6.92 Å². The second-order valence-electron chi connectivity index (χ2n) is 4.94. The molecular weight excluding hydrogens is 264 g/mol. The van der Waals surface area contributed by atoms with Crippen LogP contribution in [0.3, 0.4) is 0 Å². The fourth-order valence-corrected chi connectivity index (χ4v) is 2.06. The molecule has 1 N–H and O–H groups in total. The molecule has 0 saturated heterocycles. The molecule has 0 bridgehead atoms. The van der Waals surface area contributed by atoms with Crippen LogP contribution in [-0.2, 0) is 0 Å². The van der Waals surface area contributed by atoms with Gasteiger partial charge in [-0.3, -0.25) is 5.10 Å². The molecule has 0 aliphatic carbocycles. The summed E-state index contributed by atoms with van der Waals surface area (Å²) < 4.78 is 0. The zero-order chi connectivity index (χ0) is 14.8. The van der Waals surface area contributed by atoms with Gasteiger partial charge in [0.1, 0.15) is 11.6 Å². The molecular formula is C15H16N6. The topological polar surface area (TPSA) is 70.6 Å². The summed E-state index contributed by atoms with van der Waals surface area (Å²) >= 11 is 0. The first kappa shape index (κ1) is 13.2. The van der Waals surface area contributed by atoms with Gasteiger partial charge in [-0.05, 0) is 6.92 Å². The molecule has 2 heterocycles. The van der Waals surface area contributed by atoms with Crippen molar-refractivity contribution in [3.8, 4) is 22.8 Å². The lowest BCUT2D eigenvalue weighted by molar-refractivity contribution is 1.02. The maximum atomic E-state index is 4.65. The van der Waals surface area contributed by atoms with Crippen molar-refractivity contribution in [2.75, 3.05) is 19.0 Å². The number of aromatic nitrogens is 5. The van der Waals surface area contributed by atoms with Crippen LogP contribution >= 0.6 is 0 Å². The van der Waals surface area contributed by atoms with Gasteiger partial charge in [0.05, 0.1) is 5.56 Å². The average Bonchev–Trinajstić information content (AvgIpc) is 2.94. The fourth-order valence-electron chi connectivity index (χ4n) is 2.06. The standard InChI is InChI=1S/C15H16N6/c1-10-17-14(20-19-10)12-9-16-13(18-15(12)21(2)3)11-7-5-4-6-8-11/h4-9H,1-3H3,(H,17,19,20). The number of nitrogens with one attached hydrogen (secondary N) is 1. The van der Waals surface area contributed by atoms with E-state index in [1.165, 1.54) is 0 Å². The Hall–Kier alpha value is -2.76. The van der Waals surface area contributed by atoms with Crippen molar-refractivity contribution < 1.29 is 0 Å². The van der Waals surface area contributed by atoms with Crippen LogP contribution in [0.25, 0.3) is 22.8 Å². The minimum Gasteiger partial charge on any atom is -0.362 e. The number of aryl methyl sites for hydroxylation is 1. The van der Waals surface area contributed by atoms with Crippen LogP contribution in [0.5, 0.6) is 0 Å². The van der Waals surface area contributed by atoms with Gasteiger partial charge in [0.25, 0.3) is 0 Å². The number of hydrogen-bond acceptors (Lipinski definition) is 5. The monoisotopic (exact) mass is 280 g/mol. The van der Waals surface area contributed by atoms with Gasteiger partial charge in [-0.2, -0.15) is 5.10 Å². The van der Waals surface area contributed by atoms with E-state index < -0.39 is 0 Å². The van der Waals surface area contributed by atoms with Gasteiger partial charge < -0.3 is 4.90 Å². The Labute approximate surface area is 122 Å². The van der Waals surface area contributed by atoms with Gasteiger partial charge in [-0.25, -0.2) is 15.0 Å². The van der Waals surface area contributed by atoms with E-state index in [0.29, 0.717) is 11.6 Å². The van der Waals surface area contributed by atoms with E-state index >= 15 is 0 Å². The number of rotatable bonds is 3. The molecule has 0 saturated carbocycles. The molecule has 0 aliphatic heterocycles. The highest BCUT2D eigenvalue weighted by molar-refractivity contribution is 5.72. The molecule has 0 amide bonds. The summed E-state index contributed by atoms with van der Waals surface area (Å²) in [5.74, 6) is 2.86. The number of benzene rings is 1. The second-order valence-corrected chi connectivity index (χ2v) is 4.94. The van der Waals surface area contributed by atoms with Crippen molar-refractivity contribution in [1.82, 2.24) is 25.1 Å². The number of hydrogen-bond donors (Lipinski definition) is 1. The number of H-pyrrole nitrogens is 1. The quantitative estimate of drug-likeness (QED) is 0.797. The highest BCUT2D eigenvalue weighted by Gasteiger charge is 2.15. The van der Waals surface area contributed by atoms with Gasteiger partial charge >= 0.3 is 0 Å². The van der Waals surface area contributed by atoms with Gasteiger partial charge in [-0.1, -0.05) is 30.3 Å². The largest absolute Gasteiger partial charge is 0.362 e. The van der Waals surface area contributed by atoms with Crippen molar-refractivity contribution in [1.29, 1.82) is 0 Å². The number of anilines is 1.